The molecule has 1 N–H and O–H groups in total. The number of amides is 1. The van der Waals surface area contributed by atoms with E-state index in [1.807, 2.05) is 13.8 Å². The van der Waals surface area contributed by atoms with E-state index >= 15 is 0 Å². The third-order valence-electron chi connectivity index (χ3n) is 2.65. The number of benzene rings is 1. The van der Waals surface area contributed by atoms with Gasteiger partial charge >= 0.3 is 11.9 Å². The molecule has 0 aliphatic rings. The number of carbonyl (C=O) groups excluding carboxylic acids is 2. The average Bonchev–Trinajstić information content (AvgIpc) is 2.33. The van der Waals surface area contributed by atoms with Gasteiger partial charge < -0.3 is 10.1 Å². The zero-order chi connectivity index (χ0) is 13.5. The first-order chi connectivity index (χ1) is 8.54. The zero-order valence-corrected chi connectivity index (χ0v) is 11.1. The summed E-state index contributed by atoms with van der Waals surface area (Å²) < 4.78 is 4.60. The van der Waals surface area contributed by atoms with Crippen molar-refractivity contribution in [1.29, 1.82) is 0 Å². The van der Waals surface area contributed by atoms with Crippen molar-refractivity contribution in [3.8, 4) is 0 Å². The molecule has 0 unspecified atom stereocenters. The standard InChI is InChI=1S/C14H19NO3/c1-4-18-14(17)13(16)15-8-7-12-9-10(2)5-6-11(12)3/h5-6,9H,4,7-8H2,1-3H3,(H,15,16). The van der Waals surface area contributed by atoms with Crippen molar-refractivity contribution in [2.45, 2.75) is 27.2 Å². The highest BCUT2D eigenvalue weighted by Crippen LogP contribution is 2.10. The van der Waals surface area contributed by atoms with Gasteiger partial charge in [0, 0.05) is 6.54 Å². The van der Waals surface area contributed by atoms with Crippen LogP contribution in [0.25, 0.3) is 0 Å². The summed E-state index contributed by atoms with van der Waals surface area (Å²) in [6, 6.07) is 6.19. The first-order valence-corrected chi connectivity index (χ1v) is 6.05. The van der Waals surface area contributed by atoms with E-state index in [9.17, 15) is 9.59 Å². The minimum absolute atomic E-state index is 0.212. The second-order valence-electron chi connectivity index (χ2n) is 4.16. The van der Waals surface area contributed by atoms with Crippen molar-refractivity contribution >= 4 is 11.9 Å². The highest BCUT2D eigenvalue weighted by atomic mass is 16.5. The van der Waals surface area contributed by atoms with E-state index in [1.165, 1.54) is 16.7 Å². The monoisotopic (exact) mass is 249 g/mol. The van der Waals surface area contributed by atoms with Gasteiger partial charge in [-0.05, 0) is 38.3 Å². The minimum Gasteiger partial charge on any atom is -0.459 e. The fourth-order valence-electron chi connectivity index (χ4n) is 1.65. The molecule has 0 heterocycles. The number of aryl methyl sites for hydroxylation is 2. The smallest absolute Gasteiger partial charge is 0.396 e. The van der Waals surface area contributed by atoms with Crippen molar-refractivity contribution in [2.24, 2.45) is 0 Å². The second kappa shape index (κ2) is 6.79. The molecule has 0 aromatic heterocycles. The molecular formula is C14H19NO3. The van der Waals surface area contributed by atoms with Crippen LogP contribution in [-0.2, 0) is 20.7 Å². The van der Waals surface area contributed by atoms with Gasteiger partial charge in [-0.1, -0.05) is 23.8 Å². The lowest BCUT2D eigenvalue weighted by Crippen LogP contribution is -2.33. The van der Waals surface area contributed by atoms with Crippen molar-refractivity contribution < 1.29 is 14.3 Å². The quantitative estimate of drug-likeness (QED) is 0.650. The Kier molecular flexibility index (Phi) is 5.36. The number of hydrogen-bond acceptors (Lipinski definition) is 3. The summed E-state index contributed by atoms with van der Waals surface area (Å²) in [6.45, 7) is 6.37. The van der Waals surface area contributed by atoms with Crippen LogP contribution in [0.1, 0.15) is 23.6 Å². The number of esters is 1. The Morgan fingerprint density at radius 2 is 2.00 bits per heavy atom. The van der Waals surface area contributed by atoms with Gasteiger partial charge in [-0.3, -0.25) is 4.79 Å². The summed E-state index contributed by atoms with van der Waals surface area (Å²) >= 11 is 0. The third kappa shape index (κ3) is 4.20. The molecule has 4 nitrogen and oxygen atoms in total. The molecule has 0 saturated carbocycles. The fraction of sp³-hybridized carbons (Fsp3) is 0.429. The van der Waals surface area contributed by atoms with Crippen LogP contribution < -0.4 is 5.32 Å². The van der Waals surface area contributed by atoms with Gasteiger partial charge in [0.2, 0.25) is 0 Å². The van der Waals surface area contributed by atoms with Crippen molar-refractivity contribution in [3.05, 3.63) is 34.9 Å². The van der Waals surface area contributed by atoms with E-state index in [2.05, 4.69) is 28.3 Å². The Balaban J connectivity index is 2.44. The molecule has 0 radical (unpaired) electrons. The van der Waals surface area contributed by atoms with Gasteiger partial charge in [0.1, 0.15) is 0 Å². The molecule has 98 valence electrons. The molecule has 4 heteroatoms. The molecule has 1 aromatic rings. The number of hydrogen-bond donors (Lipinski definition) is 1. The number of nitrogens with one attached hydrogen (secondary N) is 1. The molecule has 0 bridgehead atoms. The fourth-order valence-corrected chi connectivity index (χ4v) is 1.65. The molecule has 0 fully saturated rings. The molecule has 1 rings (SSSR count). The Morgan fingerprint density at radius 1 is 1.28 bits per heavy atom. The first-order valence-electron chi connectivity index (χ1n) is 6.05. The minimum atomic E-state index is -0.821. The van der Waals surface area contributed by atoms with Gasteiger partial charge in [-0.25, -0.2) is 4.79 Å². The Morgan fingerprint density at radius 3 is 2.67 bits per heavy atom. The molecule has 18 heavy (non-hydrogen) atoms. The lowest BCUT2D eigenvalue weighted by Gasteiger charge is -2.08. The van der Waals surface area contributed by atoms with Crippen LogP contribution in [0.5, 0.6) is 0 Å². The summed E-state index contributed by atoms with van der Waals surface area (Å²) in [5.41, 5.74) is 3.55. The topological polar surface area (TPSA) is 55.4 Å². The number of ether oxygens (including phenoxy) is 1. The van der Waals surface area contributed by atoms with Gasteiger partial charge in [-0.15, -0.1) is 0 Å². The lowest BCUT2D eigenvalue weighted by molar-refractivity contribution is -0.154. The maximum Gasteiger partial charge on any atom is 0.396 e. The van der Waals surface area contributed by atoms with E-state index < -0.39 is 11.9 Å². The van der Waals surface area contributed by atoms with Gasteiger partial charge in [-0.2, -0.15) is 0 Å². The highest BCUT2D eigenvalue weighted by molar-refractivity contribution is 6.32. The molecule has 1 amide bonds. The van der Waals surface area contributed by atoms with E-state index in [4.69, 9.17) is 0 Å². The van der Waals surface area contributed by atoms with E-state index in [-0.39, 0.29) is 6.61 Å². The number of carbonyl (C=O) groups is 2. The van der Waals surface area contributed by atoms with Gasteiger partial charge in [0.25, 0.3) is 0 Å². The molecule has 0 atom stereocenters. The van der Waals surface area contributed by atoms with Crippen molar-refractivity contribution in [3.63, 3.8) is 0 Å². The summed E-state index contributed by atoms with van der Waals surface area (Å²) in [7, 11) is 0. The molecule has 1 aromatic carbocycles. The molecular weight excluding hydrogens is 230 g/mol. The van der Waals surface area contributed by atoms with Crippen LogP contribution in [0.2, 0.25) is 0 Å². The Bertz CT molecular complexity index is 441. The largest absolute Gasteiger partial charge is 0.459 e. The Labute approximate surface area is 107 Å². The summed E-state index contributed by atoms with van der Waals surface area (Å²) in [4.78, 5) is 22.4. The van der Waals surface area contributed by atoms with Gasteiger partial charge in [0.05, 0.1) is 6.61 Å². The Hall–Kier alpha value is -1.84. The average molecular weight is 249 g/mol. The predicted octanol–water partition coefficient (Wildman–Crippen LogP) is 1.53. The molecule has 0 saturated heterocycles. The van der Waals surface area contributed by atoms with Crippen LogP contribution in [0.3, 0.4) is 0 Å². The van der Waals surface area contributed by atoms with E-state index in [0.717, 1.165) is 0 Å². The predicted molar refractivity (Wildman–Crippen MR) is 69.3 cm³/mol. The maximum absolute atomic E-state index is 11.3. The number of rotatable bonds is 4. The molecule has 0 aliphatic heterocycles. The second-order valence-corrected chi connectivity index (χ2v) is 4.16. The first kappa shape index (κ1) is 14.2. The molecule has 0 aliphatic carbocycles. The van der Waals surface area contributed by atoms with E-state index in [1.54, 1.807) is 6.92 Å². The van der Waals surface area contributed by atoms with Crippen LogP contribution in [0, 0.1) is 13.8 Å². The van der Waals surface area contributed by atoms with Gasteiger partial charge in [0.15, 0.2) is 0 Å². The highest BCUT2D eigenvalue weighted by Gasteiger charge is 2.13. The SMILES string of the molecule is CCOC(=O)C(=O)NCCc1cc(C)ccc1C. The normalized spacial score (nSPS) is 9.94. The summed E-state index contributed by atoms with van der Waals surface area (Å²) in [5.74, 6) is -1.50. The third-order valence-corrected chi connectivity index (χ3v) is 2.65. The van der Waals surface area contributed by atoms with Crippen molar-refractivity contribution in [1.82, 2.24) is 5.32 Å². The summed E-state index contributed by atoms with van der Waals surface area (Å²) in [5, 5.41) is 2.55. The van der Waals surface area contributed by atoms with E-state index in [0.29, 0.717) is 13.0 Å². The maximum atomic E-state index is 11.3. The van der Waals surface area contributed by atoms with Crippen molar-refractivity contribution in [2.75, 3.05) is 13.2 Å². The van der Waals surface area contributed by atoms with Crippen LogP contribution in [0.4, 0.5) is 0 Å². The zero-order valence-electron chi connectivity index (χ0n) is 11.1. The lowest BCUT2D eigenvalue weighted by atomic mass is 10.0. The van der Waals surface area contributed by atoms with Crippen LogP contribution in [0.15, 0.2) is 18.2 Å². The van der Waals surface area contributed by atoms with Crippen LogP contribution in [-0.4, -0.2) is 25.0 Å². The molecule has 0 spiro atoms. The summed E-state index contributed by atoms with van der Waals surface area (Å²) in [6.07, 6.45) is 0.707. The van der Waals surface area contributed by atoms with Crippen LogP contribution >= 0.6 is 0 Å².